The van der Waals surface area contributed by atoms with Crippen LogP contribution in [0.5, 0.6) is 0 Å². The molecule has 1 heterocycles. The number of hydrogen-bond acceptors (Lipinski definition) is 4. The number of hydrogen-bond donors (Lipinski definition) is 2. The molecule has 0 atom stereocenters. The fraction of sp³-hybridized carbons (Fsp3) is 0.267. The number of aliphatic hydroxyl groups excluding tert-OH is 1. The number of furan rings is 1. The van der Waals surface area contributed by atoms with Gasteiger partial charge in [0.1, 0.15) is 18.1 Å². The Morgan fingerprint density at radius 2 is 2.00 bits per heavy atom. The number of carbonyl (C=O) groups excluding carboxylic acids is 1. The third-order valence-electron chi connectivity index (χ3n) is 2.86. The number of aliphatic hydroxyl groups is 1. The van der Waals surface area contributed by atoms with E-state index >= 15 is 0 Å². The van der Waals surface area contributed by atoms with Gasteiger partial charge in [0.2, 0.25) is 0 Å². The molecule has 106 valence electrons. The van der Waals surface area contributed by atoms with E-state index < -0.39 is 0 Å². The second-order valence-corrected chi connectivity index (χ2v) is 4.66. The summed E-state index contributed by atoms with van der Waals surface area (Å²) in [7, 11) is 3.45. The van der Waals surface area contributed by atoms with Gasteiger partial charge in [0.25, 0.3) is 5.91 Å². The van der Waals surface area contributed by atoms with Crippen LogP contribution in [0.25, 0.3) is 0 Å². The fourth-order valence-electron chi connectivity index (χ4n) is 1.81. The van der Waals surface area contributed by atoms with Gasteiger partial charge in [0.15, 0.2) is 0 Å². The summed E-state index contributed by atoms with van der Waals surface area (Å²) in [5, 5.41) is 12.1. The number of amides is 1. The molecule has 0 spiro atoms. The van der Waals surface area contributed by atoms with Gasteiger partial charge in [-0.15, -0.1) is 0 Å². The van der Waals surface area contributed by atoms with Crippen LogP contribution in [0, 0.1) is 0 Å². The van der Waals surface area contributed by atoms with Gasteiger partial charge < -0.3 is 19.7 Å². The fourth-order valence-corrected chi connectivity index (χ4v) is 1.81. The first-order valence-electron chi connectivity index (χ1n) is 6.34. The molecule has 0 bridgehead atoms. The van der Waals surface area contributed by atoms with E-state index in [1.165, 1.54) is 0 Å². The summed E-state index contributed by atoms with van der Waals surface area (Å²) in [5.41, 5.74) is 1.48. The molecule has 1 aromatic heterocycles. The van der Waals surface area contributed by atoms with Crippen molar-refractivity contribution in [3.8, 4) is 0 Å². The highest BCUT2D eigenvalue weighted by Gasteiger charge is 2.08. The first-order valence-corrected chi connectivity index (χ1v) is 6.34. The van der Waals surface area contributed by atoms with Gasteiger partial charge in [-0.25, -0.2) is 0 Å². The van der Waals surface area contributed by atoms with E-state index in [2.05, 4.69) is 5.32 Å². The Hall–Kier alpha value is -2.27. The highest BCUT2D eigenvalue weighted by atomic mass is 16.4. The minimum atomic E-state index is -0.104. The van der Waals surface area contributed by atoms with Crippen LogP contribution in [0.1, 0.15) is 21.9 Å². The van der Waals surface area contributed by atoms with Crippen LogP contribution in [0.2, 0.25) is 0 Å². The summed E-state index contributed by atoms with van der Waals surface area (Å²) in [6.45, 7) is 0.395. The van der Waals surface area contributed by atoms with Gasteiger partial charge in [-0.3, -0.25) is 4.79 Å². The Balaban J connectivity index is 2.02. The zero-order valence-electron chi connectivity index (χ0n) is 11.6. The molecular formula is C15H18N2O3. The van der Waals surface area contributed by atoms with Crippen molar-refractivity contribution in [2.45, 2.75) is 13.2 Å². The predicted octanol–water partition coefficient (Wildman–Crippen LogP) is 2.09. The molecule has 2 aromatic rings. The standard InChI is InChI=1S/C15H18N2O3/c1-17(2)15(19)11-4-3-5-12(8-11)16-9-13-6-7-14(10-18)20-13/h3-8,16,18H,9-10H2,1-2H3. The van der Waals surface area contributed by atoms with Crippen molar-refractivity contribution in [1.29, 1.82) is 0 Å². The third kappa shape index (κ3) is 3.39. The van der Waals surface area contributed by atoms with Gasteiger partial charge in [0.05, 0.1) is 6.54 Å². The number of carbonyl (C=O) groups is 1. The molecule has 1 aromatic carbocycles. The maximum absolute atomic E-state index is 11.9. The zero-order valence-corrected chi connectivity index (χ0v) is 11.6. The third-order valence-corrected chi connectivity index (χ3v) is 2.86. The molecule has 5 nitrogen and oxygen atoms in total. The topological polar surface area (TPSA) is 65.7 Å². The zero-order chi connectivity index (χ0) is 14.5. The van der Waals surface area contributed by atoms with Gasteiger partial charge >= 0.3 is 0 Å². The lowest BCUT2D eigenvalue weighted by atomic mass is 10.2. The van der Waals surface area contributed by atoms with Crippen molar-refractivity contribution in [2.24, 2.45) is 0 Å². The highest BCUT2D eigenvalue weighted by molar-refractivity contribution is 5.94. The molecule has 20 heavy (non-hydrogen) atoms. The lowest BCUT2D eigenvalue weighted by Gasteiger charge is -2.11. The van der Waals surface area contributed by atoms with Crippen molar-refractivity contribution >= 4 is 11.6 Å². The molecular weight excluding hydrogens is 256 g/mol. The average Bonchev–Trinajstić information content (AvgIpc) is 2.92. The van der Waals surface area contributed by atoms with E-state index in [1.807, 2.05) is 18.2 Å². The molecule has 1 amide bonds. The van der Waals surface area contributed by atoms with Crippen LogP contribution in [-0.2, 0) is 13.2 Å². The summed E-state index contributed by atoms with van der Waals surface area (Å²) in [5.74, 6) is 1.24. The molecule has 0 saturated heterocycles. The number of nitrogens with one attached hydrogen (secondary N) is 1. The van der Waals surface area contributed by atoms with E-state index in [9.17, 15) is 4.79 Å². The molecule has 0 aliphatic carbocycles. The Morgan fingerprint density at radius 3 is 2.65 bits per heavy atom. The Kier molecular flexibility index (Phi) is 4.42. The number of nitrogens with zero attached hydrogens (tertiary/aromatic N) is 1. The Morgan fingerprint density at radius 1 is 1.25 bits per heavy atom. The summed E-state index contributed by atoms with van der Waals surface area (Å²) in [4.78, 5) is 13.4. The van der Waals surface area contributed by atoms with Gasteiger partial charge in [0, 0.05) is 25.3 Å². The molecule has 0 aliphatic rings. The van der Waals surface area contributed by atoms with E-state index in [-0.39, 0.29) is 12.5 Å². The van der Waals surface area contributed by atoms with Crippen molar-refractivity contribution < 1.29 is 14.3 Å². The van der Waals surface area contributed by atoms with E-state index in [0.717, 1.165) is 11.4 Å². The second kappa shape index (κ2) is 6.25. The monoisotopic (exact) mass is 274 g/mol. The van der Waals surface area contributed by atoms with Crippen molar-refractivity contribution in [3.05, 3.63) is 53.5 Å². The van der Waals surface area contributed by atoms with Gasteiger partial charge in [-0.1, -0.05) is 6.07 Å². The van der Waals surface area contributed by atoms with Crippen LogP contribution in [0.3, 0.4) is 0 Å². The average molecular weight is 274 g/mol. The minimum Gasteiger partial charge on any atom is -0.462 e. The molecule has 0 fully saturated rings. The van der Waals surface area contributed by atoms with Crippen LogP contribution in [0.15, 0.2) is 40.8 Å². The predicted molar refractivity (Wildman–Crippen MR) is 76.4 cm³/mol. The quantitative estimate of drug-likeness (QED) is 0.876. The van der Waals surface area contributed by atoms with E-state index in [1.54, 1.807) is 37.2 Å². The molecule has 0 unspecified atom stereocenters. The van der Waals surface area contributed by atoms with Crippen LogP contribution in [-0.4, -0.2) is 30.0 Å². The summed E-state index contributed by atoms with van der Waals surface area (Å²) >= 11 is 0. The maximum Gasteiger partial charge on any atom is 0.253 e. The molecule has 2 rings (SSSR count). The van der Waals surface area contributed by atoms with Crippen LogP contribution in [0.4, 0.5) is 5.69 Å². The van der Waals surface area contributed by atoms with Gasteiger partial charge in [-0.2, -0.15) is 0 Å². The van der Waals surface area contributed by atoms with Gasteiger partial charge in [-0.05, 0) is 30.3 Å². The maximum atomic E-state index is 11.9. The van der Waals surface area contributed by atoms with E-state index in [0.29, 0.717) is 17.9 Å². The molecule has 5 heteroatoms. The first-order chi connectivity index (χ1) is 9.60. The lowest BCUT2D eigenvalue weighted by Crippen LogP contribution is -2.21. The summed E-state index contributed by atoms with van der Waals surface area (Å²) in [6.07, 6.45) is 0. The normalized spacial score (nSPS) is 10.3. The highest BCUT2D eigenvalue weighted by Crippen LogP contribution is 2.14. The van der Waals surface area contributed by atoms with Crippen LogP contribution < -0.4 is 5.32 Å². The smallest absolute Gasteiger partial charge is 0.253 e. The second-order valence-electron chi connectivity index (χ2n) is 4.66. The molecule has 0 radical (unpaired) electrons. The number of rotatable bonds is 5. The Labute approximate surface area is 117 Å². The summed E-state index contributed by atoms with van der Waals surface area (Å²) in [6, 6.07) is 10.9. The first kappa shape index (κ1) is 14.1. The van der Waals surface area contributed by atoms with Crippen molar-refractivity contribution in [3.63, 3.8) is 0 Å². The lowest BCUT2D eigenvalue weighted by molar-refractivity contribution is 0.0827. The van der Waals surface area contributed by atoms with Crippen LogP contribution >= 0.6 is 0 Å². The SMILES string of the molecule is CN(C)C(=O)c1cccc(NCc2ccc(CO)o2)c1. The molecule has 2 N–H and O–H groups in total. The Bertz CT molecular complexity index is 590. The number of benzene rings is 1. The van der Waals surface area contributed by atoms with E-state index in [4.69, 9.17) is 9.52 Å². The summed E-state index contributed by atoms with van der Waals surface area (Å²) < 4.78 is 5.38. The number of anilines is 1. The van der Waals surface area contributed by atoms with Crippen molar-refractivity contribution in [1.82, 2.24) is 4.90 Å². The van der Waals surface area contributed by atoms with Crippen molar-refractivity contribution in [2.75, 3.05) is 19.4 Å². The molecule has 0 saturated carbocycles. The largest absolute Gasteiger partial charge is 0.462 e. The molecule has 0 aliphatic heterocycles. The minimum absolute atomic E-state index is 0.0331.